The van der Waals surface area contributed by atoms with Crippen LogP contribution in [0.1, 0.15) is 5.56 Å². The quantitative estimate of drug-likeness (QED) is 0.787. The number of carbonyl (C=O) groups is 1. The van der Waals surface area contributed by atoms with Gasteiger partial charge in [0.1, 0.15) is 5.56 Å². The number of hydrogen-bond donors (Lipinski definition) is 1. The van der Waals surface area contributed by atoms with E-state index in [1.165, 1.54) is 12.3 Å². The summed E-state index contributed by atoms with van der Waals surface area (Å²) in [5.41, 5.74) is -2.57. The molecule has 0 aliphatic carbocycles. The second-order valence-electron chi connectivity index (χ2n) is 3.46. The Bertz CT molecular complexity index is 669. The minimum Gasteiger partial charge on any atom is -0.452 e. The average Bonchev–Trinajstić information content (AvgIpc) is 2.68. The van der Waals surface area contributed by atoms with Crippen LogP contribution in [0.2, 0.25) is 0 Å². The number of fused-ring (bicyclic) bond motifs is 1. The lowest BCUT2D eigenvalue weighted by atomic mass is 10.2. The van der Waals surface area contributed by atoms with Crippen LogP contribution < -0.4 is 5.56 Å². The Morgan fingerprint density at radius 2 is 2.11 bits per heavy atom. The van der Waals surface area contributed by atoms with E-state index in [1.54, 1.807) is 0 Å². The molecule has 0 amide bonds. The Hall–Kier alpha value is -2.25. The fraction of sp³-hybridized carbons (Fsp3) is 0.200. The summed E-state index contributed by atoms with van der Waals surface area (Å²) in [4.78, 5) is 24.6. The zero-order chi connectivity index (χ0) is 13.5. The summed E-state index contributed by atoms with van der Waals surface area (Å²) in [7, 11) is 1.10. The third-order valence-electron chi connectivity index (χ3n) is 2.38. The van der Waals surface area contributed by atoms with E-state index in [1.807, 2.05) is 0 Å². The highest BCUT2D eigenvalue weighted by Gasteiger charge is 2.34. The summed E-state index contributed by atoms with van der Waals surface area (Å²) in [5, 5.41) is 0. The van der Waals surface area contributed by atoms with E-state index in [9.17, 15) is 22.8 Å². The first kappa shape index (κ1) is 12.2. The third kappa shape index (κ3) is 1.85. The lowest BCUT2D eigenvalue weighted by Crippen LogP contribution is -2.21. The number of methoxy groups -OCH3 is 1. The molecule has 2 aromatic heterocycles. The summed E-state index contributed by atoms with van der Waals surface area (Å²) < 4.78 is 42.9. The van der Waals surface area contributed by atoms with Crippen molar-refractivity contribution in [2.24, 2.45) is 0 Å². The summed E-state index contributed by atoms with van der Waals surface area (Å²) in [6.45, 7) is 0. The van der Waals surface area contributed by atoms with Gasteiger partial charge in [-0.15, -0.1) is 0 Å². The minimum absolute atomic E-state index is 0.0752. The summed E-state index contributed by atoms with van der Waals surface area (Å²) in [5.74, 6) is 0. The molecule has 2 aromatic rings. The van der Waals surface area contributed by atoms with Gasteiger partial charge < -0.3 is 9.72 Å². The first-order chi connectivity index (χ1) is 8.34. The predicted octanol–water partition coefficient (Wildman–Crippen LogP) is 1.96. The zero-order valence-corrected chi connectivity index (χ0v) is 9.04. The molecule has 0 unspecified atom stereocenters. The van der Waals surface area contributed by atoms with Crippen molar-refractivity contribution in [2.75, 3.05) is 7.11 Å². The van der Waals surface area contributed by atoms with E-state index < -0.39 is 23.4 Å². The summed E-state index contributed by atoms with van der Waals surface area (Å²) in [6.07, 6.45) is -4.41. The minimum atomic E-state index is -4.78. The van der Waals surface area contributed by atoms with Gasteiger partial charge in [-0.25, -0.2) is 4.79 Å². The van der Waals surface area contributed by atoms with E-state index in [-0.39, 0.29) is 11.0 Å². The van der Waals surface area contributed by atoms with Crippen molar-refractivity contribution in [2.45, 2.75) is 6.18 Å². The lowest BCUT2D eigenvalue weighted by molar-refractivity contribution is -0.138. The number of rotatable bonds is 0. The maximum absolute atomic E-state index is 12.6. The SMILES string of the molecule is COC(=O)n1ccc2[nH]c(=O)c(C(F)(F)F)cc21. The van der Waals surface area contributed by atoms with Gasteiger partial charge in [0, 0.05) is 6.20 Å². The van der Waals surface area contributed by atoms with Crippen LogP contribution in [0.5, 0.6) is 0 Å². The number of pyridine rings is 1. The van der Waals surface area contributed by atoms with Crippen LogP contribution in [-0.2, 0) is 10.9 Å². The van der Waals surface area contributed by atoms with E-state index >= 15 is 0 Å². The van der Waals surface area contributed by atoms with Gasteiger partial charge in [0.15, 0.2) is 0 Å². The molecule has 0 aliphatic heterocycles. The largest absolute Gasteiger partial charge is 0.452 e. The maximum atomic E-state index is 12.6. The van der Waals surface area contributed by atoms with Crippen LogP contribution in [0.4, 0.5) is 18.0 Å². The van der Waals surface area contributed by atoms with Crippen molar-refractivity contribution in [3.05, 3.63) is 34.2 Å². The van der Waals surface area contributed by atoms with Gasteiger partial charge >= 0.3 is 12.3 Å². The number of alkyl halides is 3. The van der Waals surface area contributed by atoms with E-state index in [0.717, 1.165) is 11.7 Å². The van der Waals surface area contributed by atoms with Gasteiger partial charge in [-0.05, 0) is 12.1 Å². The van der Waals surface area contributed by atoms with Crippen LogP contribution in [0.25, 0.3) is 11.0 Å². The van der Waals surface area contributed by atoms with Crippen molar-refractivity contribution < 1.29 is 22.7 Å². The van der Waals surface area contributed by atoms with Crippen LogP contribution in [0.3, 0.4) is 0 Å². The summed E-state index contributed by atoms with van der Waals surface area (Å²) >= 11 is 0. The number of nitrogens with one attached hydrogen (secondary N) is 1. The van der Waals surface area contributed by atoms with Gasteiger partial charge in [0.2, 0.25) is 0 Å². The number of H-pyrrole nitrogens is 1. The number of ether oxygens (including phenoxy) is 1. The monoisotopic (exact) mass is 260 g/mol. The highest BCUT2D eigenvalue weighted by Crippen LogP contribution is 2.28. The molecule has 0 radical (unpaired) electrons. The second-order valence-corrected chi connectivity index (χ2v) is 3.46. The van der Waals surface area contributed by atoms with Crippen molar-refractivity contribution in [1.29, 1.82) is 0 Å². The third-order valence-corrected chi connectivity index (χ3v) is 2.38. The molecule has 96 valence electrons. The second kappa shape index (κ2) is 3.90. The van der Waals surface area contributed by atoms with E-state index in [2.05, 4.69) is 9.72 Å². The number of hydrogen-bond acceptors (Lipinski definition) is 3. The van der Waals surface area contributed by atoms with Gasteiger partial charge in [-0.2, -0.15) is 13.2 Å². The van der Waals surface area contributed by atoms with Crippen LogP contribution in [0.15, 0.2) is 23.1 Å². The Balaban J connectivity index is 2.75. The molecule has 0 saturated carbocycles. The molecule has 0 aromatic carbocycles. The standard InChI is InChI=1S/C10H7F3N2O3/c1-18-9(17)15-3-2-6-7(15)4-5(8(16)14-6)10(11,12)13/h2-4H,1H3,(H,14,16). The molecule has 0 aliphatic rings. The van der Waals surface area contributed by atoms with Crippen molar-refractivity contribution >= 4 is 17.1 Å². The fourth-order valence-electron chi connectivity index (χ4n) is 1.56. The van der Waals surface area contributed by atoms with Gasteiger partial charge in [0.25, 0.3) is 5.56 Å². The number of carbonyl (C=O) groups excluding carboxylic acids is 1. The van der Waals surface area contributed by atoms with Crippen LogP contribution in [-0.4, -0.2) is 22.8 Å². The van der Waals surface area contributed by atoms with Crippen LogP contribution >= 0.6 is 0 Å². The average molecular weight is 260 g/mol. The Kier molecular flexibility index (Phi) is 2.64. The molecule has 2 heterocycles. The highest BCUT2D eigenvalue weighted by atomic mass is 19.4. The van der Waals surface area contributed by atoms with Gasteiger partial charge in [-0.1, -0.05) is 0 Å². The first-order valence-corrected chi connectivity index (χ1v) is 4.74. The first-order valence-electron chi connectivity index (χ1n) is 4.74. The predicted molar refractivity (Wildman–Crippen MR) is 55.4 cm³/mol. The van der Waals surface area contributed by atoms with Crippen LogP contribution in [0, 0.1) is 0 Å². The molecule has 0 fully saturated rings. The molecule has 1 N–H and O–H groups in total. The molecular formula is C10H7F3N2O3. The highest BCUT2D eigenvalue weighted by molar-refractivity contribution is 5.87. The van der Waals surface area contributed by atoms with E-state index in [0.29, 0.717) is 6.07 Å². The van der Waals surface area contributed by atoms with Crippen molar-refractivity contribution in [3.63, 3.8) is 0 Å². The Morgan fingerprint density at radius 3 is 2.67 bits per heavy atom. The molecule has 2 rings (SSSR count). The normalized spacial score (nSPS) is 11.8. The van der Waals surface area contributed by atoms with Crippen molar-refractivity contribution in [1.82, 2.24) is 9.55 Å². The number of aromatic amines is 1. The Morgan fingerprint density at radius 1 is 1.44 bits per heavy atom. The van der Waals surface area contributed by atoms with Gasteiger partial charge in [-0.3, -0.25) is 9.36 Å². The molecule has 0 spiro atoms. The maximum Gasteiger partial charge on any atom is 0.421 e. The number of nitrogens with zero attached hydrogens (tertiary/aromatic N) is 1. The number of aromatic nitrogens is 2. The Labute approximate surface area is 97.8 Å². The smallest absolute Gasteiger partial charge is 0.421 e. The fourth-order valence-corrected chi connectivity index (χ4v) is 1.56. The van der Waals surface area contributed by atoms with E-state index in [4.69, 9.17) is 0 Å². The zero-order valence-electron chi connectivity index (χ0n) is 9.04. The molecule has 0 saturated heterocycles. The molecular weight excluding hydrogens is 253 g/mol. The number of halogens is 3. The molecule has 0 atom stereocenters. The van der Waals surface area contributed by atoms with Crippen molar-refractivity contribution in [3.8, 4) is 0 Å². The molecule has 8 heteroatoms. The van der Waals surface area contributed by atoms with Gasteiger partial charge in [0.05, 0.1) is 18.1 Å². The summed E-state index contributed by atoms with van der Waals surface area (Å²) in [6, 6.07) is 1.93. The lowest BCUT2D eigenvalue weighted by Gasteiger charge is -2.07. The topological polar surface area (TPSA) is 64.1 Å². The molecule has 18 heavy (non-hydrogen) atoms. The molecule has 0 bridgehead atoms. The molecule has 5 nitrogen and oxygen atoms in total.